The Morgan fingerprint density at radius 2 is 1.68 bits per heavy atom. The third-order valence-corrected chi connectivity index (χ3v) is 5.65. The van der Waals surface area contributed by atoms with Crippen molar-refractivity contribution >= 4 is 17.4 Å². The molecule has 31 heavy (non-hydrogen) atoms. The van der Waals surface area contributed by atoms with Crippen LogP contribution >= 0.6 is 0 Å². The summed E-state index contributed by atoms with van der Waals surface area (Å²) in [5.74, 6) is -0.287. The van der Waals surface area contributed by atoms with E-state index in [1.165, 1.54) is 5.56 Å². The third-order valence-electron chi connectivity index (χ3n) is 5.65. The first kappa shape index (κ1) is 22.6. The van der Waals surface area contributed by atoms with E-state index in [1.54, 1.807) is 29.2 Å². The molecule has 0 radical (unpaired) electrons. The highest BCUT2D eigenvalue weighted by molar-refractivity contribution is 6.46. The van der Waals surface area contributed by atoms with Crippen LogP contribution in [0.4, 0.5) is 0 Å². The van der Waals surface area contributed by atoms with Gasteiger partial charge in [0.05, 0.1) is 18.2 Å². The standard InChI is InChI=1S/C26H31NO4/c1-5-7-16-27-23(19-10-8-18(9-11-19)17(3)4)22(25(29)26(27)30)24(28)20-12-14-21(15-13-20)31-6-2/h8-15,17,23,28H,5-7,16H2,1-4H3/b24-22-. The van der Waals surface area contributed by atoms with Crippen molar-refractivity contribution in [1.82, 2.24) is 4.90 Å². The van der Waals surface area contributed by atoms with Crippen LogP contribution in [0.5, 0.6) is 5.75 Å². The molecule has 1 heterocycles. The summed E-state index contributed by atoms with van der Waals surface area (Å²) in [4.78, 5) is 27.4. The number of unbranched alkanes of at least 4 members (excludes halogenated alkanes) is 1. The van der Waals surface area contributed by atoms with Gasteiger partial charge in [0.25, 0.3) is 11.7 Å². The average Bonchev–Trinajstić information content (AvgIpc) is 3.02. The van der Waals surface area contributed by atoms with Crippen molar-refractivity contribution in [2.75, 3.05) is 13.2 Å². The van der Waals surface area contributed by atoms with E-state index < -0.39 is 17.7 Å². The van der Waals surface area contributed by atoms with E-state index in [0.717, 1.165) is 18.4 Å². The van der Waals surface area contributed by atoms with E-state index in [0.29, 0.717) is 30.4 Å². The minimum atomic E-state index is -0.638. The first-order valence-corrected chi connectivity index (χ1v) is 11.0. The molecule has 0 aliphatic carbocycles. The molecule has 0 saturated carbocycles. The van der Waals surface area contributed by atoms with Crippen LogP contribution in [0.25, 0.3) is 5.76 Å². The summed E-state index contributed by atoms with van der Waals surface area (Å²) in [5, 5.41) is 11.1. The lowest BCUT2D eigenvalue weighted by molar-refractivity contribution is -0.139. The number of hydrogen-bond acceptors (Lipinski definition) is 4. The molecule has 0 aromatic heterocycles. The molecule has 1 saturated heterocycles. The molecule has 164 valence electrons. The number of carbonyl (C=O) groups is 2. The number of hydrogen-bond donors (Lipinski definition) is 1. The van der Waals surface area contributed by atoms with Crippen LogP contribution in [-0.2, 0) is 9.59 Å². The molecular formula is C26H31NO4. The van der Waals surface area contributed by atoms with Gasteiger partial charge < -0.3 is 14.7 Å². The van der Waals surface area contributed by atoms with Gasteiger partial charge in [-0.1, -0.05) is 51.5 Å². The number of ether oxygens (including phenoxy) is 1. The van der Waals surface area contributed by atoms with Gasteiger partial charge >= 0.3 is 0 Å². The minimum absolute atomic E-state index is 0.141. The molecule has 1 aliphatic rings. The molecule has 0 bridgehead atoms. The Labute approximate surface area is 184 Å². The molecule has 1 N–H and O–H groups in total. The lowest BCUT2D eigenvalue weighted by Crippen LogP contribution is -2.30. The molecule has 2 aromatic carbocycles. The normalized spacial score (nSPS) is 18.1. The topological polar surface area (TPSA) is 66.8 Å². The van der Waals surface area contributed by atoms with Crippen LogP contribution < -0.4 is 4.74 Å². The van der Waals surface area contributed by atoms with Crippen LogP contribution in [0.3, 0.4) is 0 Å². The van der Waals surface area contributed by atoms with Crippen molar-refractivity contribution < 1.29 is 19.4 Å². The molecule has 5 nitrogen and oxygen atoms in total. The number of carbonyl (C=O) groups excluding carboxylic acids is 2. The Kier molecular flexibility index (Phi) is 7.16. The summed E-state index contributed by atoms with van der Waals surface area (Å²) in [7, 11) is 0. The smallest absolute Gasteiger partial charge is 0.295 e. The number of nitrogens with zero attached hydrogens (tertiary/aromatic N) is 1. The molecule has 1 atom stereocenters. The van der Waals surface area contributed by atoms with E-state index in [1.807, 2.05) is 38.1 Å². The highest BCUT2D eigenvalue weighted by Crippen LogP contribution is 2.40. The molecule has 1 fully saturated rings. The van der Waals surface area contributed by atoms with E-state index in [-0.39, 0.29) is 11.3 Å². The maximum absolute atomic E-state index is 13.0. The zero-order valence-electron chi connectivity index (χ0n) is 18.7. The summed E-state index contributed by atoms with van der Waals surface area (Å²) >= 11 is 0. The van der Waals surface area contributed by atoms with Gasteiger partial charge in [-0.25, -0.2) is 0 Å². The number of aliphatic hydroxyl groups is 1. The van der Waals surface area contributed by atoms with Crippen molar-refractivity contribution in [2.24, 2.45) is 0 Å². The number of Topliss-reactive ketones (excluding diaryl/α,β-unsaturated/α-hetero) is 1. The number of amides is 1. The van der Waals surface area contributed by atoms with Crippen molar-refractivity contribution in [3.63, 3.8) is 0 Å². The SMILES string of the molecule is CCCCN1C(=O)C(=O)/C(=C(\O)c2ccc(OCC)cc2)C1c1ccc(C(C)C)cc1. The van der Waals surface area contributed by atoms with Gasteiger partial charge in [-0.2, -0.15) is 0 Å². The summed E-state index contributed by atoms with van der Waals surface area (Å²) < 4.78 is 5.46. The van der Waals surface area contributed by atoms with Gasteiger partial charge in [-0.15, -0.1) is 0 Å². The number of aliphatic hydroxyl groups excluding tert-OH is 1. The second-order valence-electron chi connectivity index (χ2n) is 8.12. The van der Waals surface area contributed by atoms with Gasteiger partial charge in [0, 0.05) is 12.1 Å². The van der Waals surface area contributed by atoms with Crippen LogP contribution in [-0.4, -0.2) is 34.8 Å². The van der Waals surface area contributed by atoms with Gasteiger partial charge in [0.1, 0.15) is 11.5 Å². The maximum atomic E-state index is 13.0. The zero-order chi connectivity index (χ0) is 22.5. The molecule has 0 spiro atoms. The summed E-state index contributed by atoms with van der Waals surface area (Å²) in [5.41, 5.74) is 2.64. The van der Waals surface area contributed by atoms with Crippen LogP contribution in [0.15, 0.2) is 54.1 Å². The summed E-state index contributed by atoms with van der Waals surface area (Å²) in [6, 6.07) is 14.3. The molecule has 2 aromatic rings. The molecule has 1 amide bonds. The molecule has 3 rings (SSSR count). The molecule has 5 heteroatoms. The minimum Gasteiger partial charge on any atom is -0.507 e. The van der Waals surface area contributed by atoms with Gasteiger partial charge in [-0.3, -0.25) is 9.59 Å². The monoisotopic (exact) mass is 421 g/mol. The lowest BCUT2D eigenvalue weighted by Gasteiger charge is -2.25. The number of benzene rings is 2. The molecule has 1 aliphatic heterocycles. The fourth-order valence-electron chi connectivity index (χ4n) is 3.88. The fourth-order valence-corrected chi connectivity index (χ4v) is 3.88. The number of rotatable bonds is 8. The second-order valence-corrected chi connectivity index (χ2v) is 8.12. The van der Waals surface area contributed by atoms with Crippen molar-refractivity contribution in [1.29, 1.82) is 0 Å². The predicted octanol–water partition coefficient (Wildman–Crippen LogP) is 5.43. The highest BCUT2D eigenvalue weighted by Gasteiger charge is 2.45. The van der Waals surface area contributed by atoms with Crippen molar-refractivity contribution in [3.8, 4) is 5.75 Å². The largest absolute Gasteiger partial charge is 0.507 e. The van der Waals surface area contributed by atoms with Gasteiger partial charge in [0.2, 0.25) is 0 Å². The Hall–Kier alpha value is -3.08. The van der Waals surface area contributed by atoms with Crippen molar-refractivity contribution in [3.05, 3.63) is 70.8 Å². The first-order chi connectivity index (χ1) is 14.9. The Bertz CT molecular complexity index is 958. The van der Waals surface area contributed by atoms with E-state index in [2.05, 4.69) is 13.8 Å². The summed E-state index contributed by atoms with van der Waals surface area (Å²) in [6.45, 7) is 9.19. The third kappa shape index (κ3) is 4.66. The van der Waals surface area contributed by atoms with Gasteiger partial charge in [-0.05, 0) is 54.7 Å². The molecule has 1 unspecified atom stereocenters. The predicted molar refractivity (Wildman–Crippen MR) is 122 cm³/mol. The van der Waals surface area contributed by atoms with Gasteiger partial charge in [0.15, 0.2) is 0 Å². The van der Waals surface area contributed by atoms with Crippen LogP contribution in [0, 0.1) is 0 Å². The summed E-state index contributed by atoms with van der Waals surface area (Å²) in [6.07, 6.45) is 1.69. The Morgan fingerprint density at radius 3 is 2.23 bits per heavy atom. The average molecular weight is 422 g/mol. The maximum Gasteiger partial charge on any atom is 0.295 e. The van der Waals surface area contributed by atoms with Crippen LogP contribution in [0.1, 0.15) is 69.2 Å². The highest BCUT2D eigenvalue weighted by atomic mass is 16.5. The zero-order valence-corrected chi connectivity index (χ0v) is 18.7. The van der Waals surface area contributed by atoms with E-state index >= 15 is 0 Å². The Morgan fingerprint density at radius 1 is 1.03 bits per heavy atom. The quantitative estimate of drug-likeness (QED) is 0.351. The van der Waals surface area contributed by atoms with E-state index in [4.69, 9.17) is 4.74 Å². The fraction of sp³-hybridized carbons (Fsp3) is 0.385. The van der Waals surface area contributed by atoms with Crippen LogP contribution in [0.2, 0.25) is 0 Å². The molecular weight excluding hydrogens is 390 g/mol. The van der Waals surface area contributed by atoms with Crippen molar-refractivity contribution in [2.45, 2.75) is 52.5 Å². The van der Waals surface area contributed by atoms with E-state index in [9.17, 15) is 14.7 Å². The first-order valence-electron chi connectivity index (χ1n) is 11.0. The number of likely N-dealkylation sites (tertiary alicyclic amines) is 1. The Balaban J connectivity index is 2.08. The number of ketones is 1. The lowest BCUT2D eigenvalue weighted by atomic mass is 9.93. The second kappa shape index (κ2) is 9.82.